The maximum atomic E-state index is 12.6. The number of nitrogens with one attached hydrogen (secondary N) is 1. The van der Waals surface area contributed by atoms with Crippen molar-refractivity contribution in [3.8, 4) is 0 Å². The Morgan fingerprint density at radius 3 is 2.40 bits per heavy atom. The highest BCUT2D eigenvalue weighted by Gasteiger charge is 2.21. The van der Waals surface area contributed by atoms with Crippen LogP contribution in [0.3, 0.4) is 0 Å². The third-order valence-corrected chi connectivity index (χ3v) is 5.30. The fourth-order valence-electron chi connectivity index (χ4n) is 2.27. The Balaban J connectivity index is 3.18. The zero-order chi connectivity index (χ0) is 15.3. The van der Waals surface area contributed by atoms with Crippen LogP contribution in [0, 0.1) is 13.8 Å². The van der Waals surface area contributed by atoms with Crippen LogP contribution in [-0.4, -0.2) is 14.5 Å². The van der Waals surface area contributed by atoms with E-state index in [9.17, 15) is 8.42 Å². The van der Waals surface area contributed by atoms with Crippen LogP contribution in [-0.2, 0) is 16.6 Å². The van der Waals surface area contributed by atoms with Gasteiger partial charge in [-0.1, -0.05) is 26.3 Å². The molecule has 0 bridgehead atoms. The van der Waals surface area contributed by atoms with E-state index in [2.05, 4.69) is 11.6 Å². The molecule has 0 heterocycles. The highest BCUT2D eigenvalue weighted by molar-refractivity contribution is 7.89. The van der Waals surface area contributed by atoms with Crippen molar-refractivity contribution >= 4 is 10.0 Å². The Kier molecular flexibility index (Phi) is 6.17. The van der Waals surface area contributed by atoms with Gasteiger partial charge < -0.3 is 5.73 Å². The molecule has 0 aliphatic heterocycles. The maximum absolute atomic E-state index is 12.6. The van der Waals surface area contributed by atoms with Gasteiger partial charge in [0.2, 0.25) is 10.0 Å². The summed E-state index contributed by atoms with van der Waals surface area (Å²) in [6, 6.07) is 3.62. The first-order valence-electron chi connectivity index (χ1n) is 7.18. The van der Waals surface area contributed by atoms with E-state index in [0.717, 1.165) is 36.0 Å². The minimum absolute atomic E-state index is 0.00811. The second-order valence-corrected chi connectivity index (χ2v) is 6.94. The second-order valence-electron chi connectivity index (χ2n) is 5.26. The number of rotatable bonds is 7. The van der Waals surface area contributed by atoms with Gasteiger partial charge in [-0.15, -0.1) is 0 Å². The first kappa shape index (κ1) is 17.1. The van der Waals surface area contributed by atoms with Gasteiger partial charge in [-0.05, 0) is 49.4 Å². The van der Waals surface area contributed by atoms with E-state index in [1.54, 1.807) is 6.07 Å². The molecule has 0 saturated heterocycles. The number of hydrogen-bond acceptors (Lipinski definition) is 3. The van der Waals surface area contributed by atoms with Crippen LogP contribution in [0.1, 0.15) is 49.8 Å². The van der Waals surface area contributed by atoms with Crippen LogP contribution in [0.15, 0.2) is 17.0 Å². The van der Waals surface area contributed by atoms with Gasteiger partial charge in [-0.2, -0.15) is 0 Å². The van der Waals surface area contributed by atoms with E-state index in [4.69, 9.17) is 5.73 Å². The smallest absolute Gasteiger partial charge is 0.241 e. The number of hydrogen-bond donors (Lipinski definition) is 2. The van der Waals surface area contributed by atoms with E-state index in [1.165, 1.54) is 0 Å². The standard InChI is InChI=1S/C15H26N2O2S/c1-5-7-14(6-2)17-20(18,19)15-9-13(10-16)8-11(3)12(15)4/h8-9,14,17H,5-7,10,16H2,1-4H3. The molecule has 0 spiro atoms. The van der Waals surface area contributed by atoms with Crippen molar-refractivity contribution in [3.05, 3.63) is 28.8 Å². The van der Waals surface area contributed by atoms with Crippen molar-refractivity contribution in [3.63, 3.8) is 0 Å². The van der Waals surface area contributed by atoms with Crippen molar-refractivity contribution < 1.29 is 8.42 Å². The molecule has 4 nitrogen and oxygen atoms in total. The minimum atomic E-state index is -3.49. The molecule has 1 rings (SSSR count). The quantitative estimate of drug-likeness (QED) is 0.812. The van der Waals surface area contributed by atoms with E-state index in [-0.39, 0.29) is 6.04 Å². The molecule has 3 N–H and O–H groups in total. The van der Waals surface area contributed by atoms with E-state index >= 15 is 0 Å². The number of aryl methyl sites for hydroxylation is 1. The highest BCUT2D eigenvalue weighted by Crippen LogP contribution is 2.22. The van der Waals surface area contributed by atoms with E-state index in [1.807, 2.05) is 26.8 Å². The summed E-state index contributed by atoms with van der Waals surface area (Å²) in [5.74, 6) is 0. The third kappa shape index (κ3) is 4.04. The van der Waals surface area contributed by atoms with Gasteiger partial charge in [0.05, 0.1) is 4.90 Å². The summed E-state index contributed by atoms with van der Waals surface area (Å²) in [5, 5.41) is 0. The van der Waals surface area contributed by atoms with Gasteiger partial charge in [-0.3, -0.25) is 0 Å². The second kappa shape index (κ2) is 7.20. The minimum Gasteiger partial charge on any atom is -0.326 e. The summed E-state index contributed by atoms with van der Waals surface area (Å²) < 4.78 is 27.9. The lowest BCUT2D eigenvalue weighted by Gasteiger charge is -2.18. The van der Waals surface area contributed by atoms with Crippen LogP contribution in [0.2, 0.25) is 0 Å². The van der Waals surface area contributed by atoms with Crippen molar-refractivity contribution in [2.45, 2.75) is 64.4 Å². The number of benzene rings is 1. The molecule has 0 aliphatic rings. The Hall–Kier alpha value is -0.910. The summed E-state index contributed by atoms with van der Waals surface area (Å²) in [6.45, 7) is 8.15. The summed E-state index contributed by atoms with van der Waals surface area (Å²) in [7, 11) is -3.49. The molecule has 114 valence electrons. The zero-order valence-electron chi connectivity index (χ0n) is 12.9. The van der Waals surface area contributed by atoms with E-state index in [0.29, 0.717) is 11.4 Å². The first-order chi connectivity index (χ1) is 9.35. The zero-order valence-corrected chi connectivity index (χ0v) is 13.7. The topological polar surface area (TPSA) is 72.2 Å². The molecular weight excluding hydrogens is 272 g/mol. The SMILES string of the molecule is CCCC(CC)NS(=O)(=O)c1cc(CN)cc(C)c1C. The van der Waals surface area contributed by atoms with Gasteiger partial charge in [0.15, 0.2) is 0 Å². The molecule has 1 atom stereocenters. The summed E-state index contributed by atoms with van der Waals surface area (Å²) in [5.41, 5.74) is 8.23. The summed E-state index contributed by atoms with van der Waals surface area (Å²) in [4.78, 5) is 0.354. The van der Waals surface area contributed by atoms with Crippen LogP contribution >= 0.6 is 0 Å². The maximum Gasteiger partial charge on any atom is 0.241 e. The molecule has 1 aromatic carbocycles. The van der Waals surface area contributed by atoms with Crippen LogP contribution in [0.4, 0.5) is 0 Å². The fraction of sp³-hybridized carbons (Fsp3) is 0.600. The van der Waals surface area contributed by atoms with Crippen molar-refractivity contribution in [2.75, 3.05) is 0 Å². The van der Waals surface area contributed by atoms with Gasteiger partial charge in [-0.25, -0.2) is 13.1 Å². The highest BCUT2D eigenvalue weighted by atomic mass is 32.2. The lowest BCUT2D eigenvalue weighted by molar-refractivity contribution is 0.512. The van der Waals surface area contributed by atoms with Crippen LogP contribution in [0.5, 0.6) is 0 Å². The van der Waals surface area contributed by atoms with E-state index < -0.39 is 10.0 Å². The third-order valence-electron chi connectivity index (χ3n) is 3.66. The lowest BCUT2D eigenvalue weighted by atomic mass is 10.1. The molecule has 0 amide bonds. The van der Waals surface area contributed by atoms with Crippen molar-refractivity contribution in [2.24, 2.45) is 5.73 Å². The average Bonchev–Trinajstić information content (AvgIpc) is 2.40. The van der Waals surface area contributed by atoms with Crippen LogP contribution in [0.25, 0.3) is 0 Å². The van der Waals surface area contributed by atoms with Gasteiger partial charge >= 0.3 is 0 Å². The molecule has 0 radical (unpaired) electrons. The molecule has 0 aliphatic carbocycles. The lowest BCUT2D eigenvalue weighted by Crippen LogP contribution is -2.34. The Bertz CT molecular complexity index is 553. The monoisotopic (exact) mass is 298 g/mol. The van der Waals surface area contributed by atoms with Gasteiger partial charge in [0.1, 0.15) is 0 Å². The summed E-state index contributed by atoms with van der Waals surface area (Å²) >= 11 is 0. The number of nitrogens with two attached hydrogens (primary N) is 1. The van der Waals surface area contributed by atoms with Crippen molar-refractivity contribution in [1.29, 1.82) is 0 Å². The molecule has 0 saturated carbocycles. The van der Waals surface area contributed by atoms with Gasteiger partial charge in [0, 0.05) is 12.6 Å². The number of sulfonamides is 1. The Morgan fingerprint density at radius 1 is 1.25 bits per heavy atom. The average molecular weight is 298 g/mol. The molecular formula is C15H26N2O2S. The predicted molar refractivity (Wildman–Crippen MR) is 83.1 cm³/mol. The molecule has 20 heavy (non-hydrogen) atoms. The largest absolute Gasteiger partial charge is 0.326 e. The predicted octanol–water partition coefficient (Wildman–Crippen LogP) is 2.62. The van der Waals surface area contributed by atoms with Gasteiger partial charge in [0.25, 0.3) is 0 Å². The summed E-state index contributed by atoms with van der Waals surface area (Å²) in [6.07, 6.45) is 2.61. The molecule has 0 aromatic heterocycles. The fourth-order valence-corrected chi connectivity index (χ4v) is 3.99. The Morgan fingerprint density at radius 2 is 1.90 bits per heavy atom. The normalized spacial score (nSPS) is 13.4. The van der Waals surface area contributed by atoms with Crippen LogP contribution < -0.4 is 10.5 Å². The molecule has 0 fully saturated rings. The molecule has 1 aromatic rings. The first-order valence-corrected chi connectivity index (χ1v) is 8.66. The van der Waals surface area contributed by atoms with Crippen molar-refractivity contribution in [1.82, 2.24) is 4.72 Å². The Labute approximate surface area is 122 Å². The molecule has 5 heteroatoms. The molecule has 1 unspecified atom stereocenters.